The first kappa shape index (κ1) is 24.3. The molecule has 0 bridgehead atoms. The third-order valence-electron chi connectivity index (χ3n) is 6.18. The summed E-state index contributed by atoms with van der Waals surface area (Å²) in [4.78, 5) is 40.3. The summed E-state index contributed by atoms with van der Waals surface area (Å²) in [6, 6.07) is 21.3. The van der Waals surface area contributed by atoms with E-state index in [-0.39, 0.29) is 24.5 Å². The molecular weight excluding hydrogens is 494 g/mol. The molecule has 5 rings (SSSR count). The number of fused-ring (bicyclic) bond motifs is 1. The molecule has 1 aliphatic heterocycles. The molecule has 8 heteroatoms. The van der Waals surface area contributed by atoms with E-state index in [4.69, 9.17) is 20.8 Å². The van der Waals surface area contributed by atoms with Crippen LogP contribution in [0.4, 0.5) is 0 Å². The summed E-state index contributed by atoms with van der Waals surface area (Å²) in [5.41, 5.74) is 2.16. The first-order chi connectivity index (χ1) is 17.9. The highest BCUT2D eigenvalue weighted by molar-refractivity contribution is 6.31. The Hall–Kier alpha value is -4.36. The van der Waals surface area contributed by atoms with Gasteiger partial charge in [-0.25, -0.2) is 4.79 Å². The molecule has 0 fully saturated rings. The maximum Gasteiger partial charge on any atom is 0.338 e. The molecule has 1 amide bonds. The van der Waals surface area contributed by atoms with Gasteiger partial charge in [0.15, 0.2) is 11.5 Å². The lowest BCUT2D eigenvalue weighted by molar-refractivity contribution is -0.130. The van der Waals surface area contributed by atoms with Crippen molar-refractivity contribution < 1.29 is 28.6 Å². The van der Waals surface area contributed by atoms with Crippen molar-refractivity contribution in [1.82, 2.24) is 4.90 Å². The van der Waals surface area contributed by atoms with Crippen LogP contribution in [0.5, 0.6) is 0 Å². The van der Waals surface area contributed by atoms with Gasteiger partial charge in [-0.15, -0.1) is 0 Å². The van der Waals surface area contributed by atoms with Gasteiger partial charge in [0.1, 0.15) is 5.58 Å². The Morgan fingerprint density at radius 1 is 1.03 bits per heavy atom. The summed E-state index contributed by atoms with van der Waals surface area (Å²) < 4.78 is 10.8. The average molecular weight is 516 g/mol. The summed E-state index contributed by atoms with van der Waals surface area (Å²) >= 11 is 6.07. The lowest BCUT2D eigenvalue weighted by Crippen LogP contribution is -2.30. The average Bonchev–Trinajstić information content (AvgIpc) is 3.43. The molecule has 3 aromatic carbocycles. The van der Waals surface area contributed by atoms with E-state index in [1.54, 1.807) is 79.7 Å². The zero-order chi connectivity index (χ0) is 26.1. The molecule has 0 aliphatic carbocycles. The van der Waals surface area contributed by atoms with Crippen LogP contribution in [0.1, 0.15) is 45.0 Å². The Balaban J connectivity index is 1.51. The maximum atomic E-state index is 13.6. The fourth-order valence-corrected chi connectivity index (χ4v) is 4.63. The van der Waals surface area contributed by atoms with Gasteiger partial charge >= 0.3 is 5.97 Å². The number of halogens is 1. The molecule has 0 saturated heterocycles. The first-order valence-electron chi connectivity index (χ1n) is 11.7. The minimum atomic E-state index is -0.845. The molecule has 2 heterocycles. The Morgan fingerprint density at radius 3 is 2.46 bits per heavy atom. The number of ketones is 1. The highest BCUT2D eigenvalue weighted by Crippen LogP contribution is 2.40. The largest absolute Gasteiger partial charge is 0.503 e. The predicted octanol–water partition coefficient (Wildman–Crippen LogP) is 6.04. The van der Waals surface area contributed by atoms with Gasteiger partial charge in [-0.3, -0.25) is 9.59 Å². The molecule has 1 unspecified atom stereocenters. The molecule has 0 saturated carbocycles. The third-order valence-corrected chi connectivity index (χ3v) is 6.42. The van der Waals surface area contributed by atoms with Crippen molar-refractivity contribution in [3.8, 4) is 0 Å². The number of aliphatic hydroxyl groups is 1. The van der Waals surface area contributed by atoms with Crippen LogP contribution in [0.2, 0.25) is 5.02 Å². The smallest absolute Gasteiger partial charge is 0.338 e. The van der Waals surface area contributed by atoms with Crippen LogP contribution in [0, 0.1) is 0 Å². The van der Waals surface area contributed by atoms with Crippen molar-refractivity contribution in [2.75, 3.05) is 6.61 Å². The number of amides is 1. The number of hydrogen-bond acceptors (Lipinski definition) is 6. The van der Waals surface area contributed by atoms with E-state index in [2.05, 4.69) is 0 Å². The van der Waals surface area contributed by atoms with Crippen molar-refractivity contribution >= 4 is 40.2 Å². The number of aliphatic hydroxyl groups excluding tert-OH is 1. The maximum absolute atomic E-state index is 13.6. The minimum Gasteiger partial charge on any atom is -0.503 e. The predicted molar refractivity (Wildman–Crippen MR) is 137 cm³/mol. The van der Waals surface area contributed by atoms with Crippen molar-refractivity contribution in [3.63, 3.8) is 0 Å². The topological polar surface area (TPSA) is 97.0 Å². The lowest BCUT2D eigenvalue weighted by atomic mass is 9.95. The van der Waals surface area contributed by atoms with Crippen LogP contribution < -0.4 is 0 Å². The number of carbonyl (C=O) groups excluding carboxylic acids is 3. The van der Waals surface area contributed by atoms with Crippen LogP contribution in [-0.2, 0) is 16.1 Å². The van der Waals surface area contributed by atoms with Crippen molar-refractivity contribution in [2.45, 2.75) is 19.5 Å². The fourth-order valence-electron chi connectivity index (χ4n) is 4.45. The molecule has 1 N–H and O–H groups in total. The van der Waals surface area contributed by atoms with Crippen LogP contribution in [0.15, 0.2) is 94.6 Å². The summed E-state index contributed by atoms with van der Waals surface area (Å²) in [5.74, 6) is -2.33. The molecule has 7 nitrogen and oxygen atoms in total. The van der Waals surface area contributed by atoms with Crippen LogP contribution in [0.3, 0.4) is 0 Å². The molecule has 1 aliphatic rings. The molecule has 0 radical (unpaired) electrons. The van der Waals surface area contributed by atoms with Gasteiger partial charge in [-0.2, -0.15) is 0 Å². The monoisotopic (exact) mass is 515 g/mol. The number of nitrogens with zero attached hydrogens (tertiary/aromatic N) is 1. The number of furan rings is 1. The molecule has 37 heavy (non-hydrogen) atoms. The summed E-state index contributed by atoms with van der Waals surface area (Å²) in [6.07, 6.45) is 0. The van der Waals surface area contributed by atoms with Crippen molar-refractivity contribution in [1.29, 1.82) is 0 Å². The number of ether oxygens (including phenoxy) is 1. The van der Waals surface area contributed by atoms with Gasteiger partial charge in [-0.1, -0.05) is 54.1 Å². The number of rotatable bonds is 7. The highest BCUT2D eigenvalue weighted by atomic mass is 35.5. The second kappa shape index (κ2) is 9.95. The normalized spacial score (nSPS) is 15.5. The van der Waals surface area contributed by atoms with Crippen LogP contribution in [0.25, 0.3) is 11.0 Å². The second-order valence-electron chi connectivity index (χ2n) is 8.55. The lowest BCUT2D eigenvalue weighted by Gasteiger charge is -2.26. The molecule has 4 aromatic rings. The molecule has 1 atom stereocenters. The standard InChI is InChI=1S/C29H22ClNO6/c1-2-36-29(35)19-10-8-17(9-11-19)16-31-25(18-6-4-3-5-7-18)24(27(33)28(31)34)26(32)23-15-20-14-21(30)12-13-22(20)37-23/h3-15,25,33H,2,16H2,1H3. The Labute approximate surface area is 217 Å². The van der Waals surface area contributed by atoms with Crippen LogP contribution in [-0.4, -0.2) is 34.3 Å². The van der Waals surface area contributed by atoms with E-state index in [0.29, 0.717) is 32.7 Å². The number of carbonyl (C=O) groups is 3. The van der Waals surface area contributed by atoms with Gasteiger partial charge in [0.05, 0.1) is 23.8 Å². The molecule has 0 spiro atoms. The Bertz CT molecular complexity index is 1540. The van der Waals surface area contributed by atoms with Crippen LogP contribution >= 0.6 is 11.6 Å². The van der Waals surface area contributed by atoms with Gasteiger partial charge in [0.25, 0.3) is 5.91 Å². The molecule has 186 valence electrons. The van der Waals surface area contributed by atoms with Crippen molar-refractivity contribution in [3.05, 3.63) is 118 Å². The Kier molecular flexibility index (Phi) is 6.54. The zero-order valence-electron chi connectivity index (χ0n) is 19.8. The van der Waals surface area contributed by atoms with E-state index in [0.717, 1.165) is 0 Å². The van der Waals surface area contributed by atoms with E-state index >= 15 is 0 Å². The summed E-state index contributed by atoms with van der Waals surface area (Å²) in [6.45, 7) is 2.09. The molecule has 1 aromatic heterocycles. The first-order valence-corrected chi connectivity index (χ1v) is 12.0. The van der Waals surface area contributed by atoms with Gasteiger partial charge in [0, 0.05) is 17.0 Å². The van der Waals surface area contributed by atoms with E-state index in [1.807, 2.05) is 6.07 Å². The van der Waals surface area contributed by atoms with E-state index in [9.17, 15) is 19.5 Å². The van der Waals surface area contributed by atoms with E-state index < -0.39 is 29.5 Å². The number of esters is 1. The quantitative estimate of drug-likeness (QED) is 0.238. The van der Waals surface area contributed by atoms with Crippen molar-refractivity contribution in [2.24, 2.45) is 0 Å². The third kappa shape index (κ3) is 4.61. The molecular formula is C29H22ClNO6. The SMILES string of the molecule is CCOC(=O)c1ccc(CN2C(=O)C(O)=C(C(=O)c3cc4cc(Cl)ccc4o3)C2c2ccccc2)cc1. The second-order valence-corrected chi connectivity index (χ2v) is 8.98. The van der Waals surface area contributed by atoms with Gasteiger partial charge in [-0.05, 0) is 54.4 Å². The Morgan fingerprint density at radius 2 is 1.76 bits per heavy atom. The fraction of sp³-hybridized carbons (Fsp3) is 0.138. The number of Topliss-reactive ketones (excluding diaryl/α,β-unsaturated/α-hetero) is 1. The van der Waals surface area contributed by atoms with Gasteiger partial charge in [0.2, 0.25) is 5.78 Å². The zero-order valence-corrected chi connectivity index (χ0v) is 20.6. The summed E-state index contributed by atoms with van der Waals surface area (Å²) in [5, 5.41) is 12.0. The highest BCUT2D eigenvalue weighted by Gasteiger charge is 2.44. The number of hydrogen-bond donors (Lipinski definition) is 1. The van der Waals surface area contributed by atoms with E-state index in [1.165, 1.54) is 4.90 Å². The van der Waals surface area contributed by atoms with Gasteiger partial charge < -0.3 is 19.2 Å². The number of benzene rings is 3. The minimum absolute atomic E-state index is 0.00631. The summed E-state index contributed by atoms with van der Waals surface area (Å²) in [7, 11) is 0.